The topological polar surface area (TPSA) is 64.0 Å². The fourth-order valence-electron chi connectivity index (χ4n) is 2.00. The first kappa shape index (κ1) is 13.9. The third kappa shape index (κ3) is 3.07. The molecule has 19 heavy (non-hydrogen) atoms. The van der Waals surface area contributed by atoms with Crippen LogP contribution in [-0.4, -0.2) is 27.8 Å². The molecule has 0 bridgehead atoms. The molecule has 0 saturated carbocycles. The summed E-state index contributed by atoms with van der Waals surface area (Å²) in [5, 5.41) is 3.46. The molecule has 1 aliphatic heterocycles. The van der Waals surface area contributed by atoms with E-state index in [9.17, 15) is 9.59 Å². The number of carbonyl (C=O) groups excluding carboxylic acids is 1. The Balaban J connectivity index is 2.15. The van der Waals surface area contributed by atoms with Crippen LogP contribution in [0.5, 0.6) is 0 Å². The Hall–Kier alpha value is -1.56. The Kier molecular flexibility index (Phi) is 4.42. The highest BCUT2D eigenvalue weighted by Crippen LogP contribution is 2.31. The summed E-state index contributed by atoms with van der Waals surface area (Å²) in [6.07, 6.45) is 2.69. The molecule has 102 valence electrons. The van der Waals surface area contributed by atoms with Crippen molar-refractivity contribution in [3.63, 3.8) is 0 Å². The van der Waals surface area contributed by atoms with Gasteiger partial charge >= 0.3 is 0 Å². The van der Waals surface area contributed by atoms with Crippen molar-refractivity contribution < 1.29 is 4.79 Å². The fraction of sp³-hybridized carbons (Fsp3) is 0.462. The molecular weight excluding hydrogens is 262 g/mol. The molecule has 1 unspecified atom stereocenters. The number of rotatable bonds is 5. The summed E-state index contributed by atoms with van der Waals surface area (Å²) in [7, 11) is 0. The summed E-state index contributed by atoms with van der Waals surface area (Å²) in [6, 6.07) is 1.46. The molecule has 1 aromatic rings. The molecule has 0 aliphatic carbocycles. The smallest absolute Gasteiger partial charge is 0.254 e. The zero-order chi connectivity index (χ0) is 13.8. The lowest BCUT2D eigenvalue weighted by molar-refractivity contribution is -0.121. The third-order valence-corrected chi connectivity index (χ3v) is 4.07. The zero-order valence-electron chi connectivity index (χ0n) is 10.9. The van der Waals surface area contributed by atoms with Gasteiger partial charge in [0.1, 0.15) is 0 Å². The van der Waals surface area contributed by atoms with E-state index in [1.54, 1.807) is 16.7 Å². The summed E-state index contributed by atoms with van der Waals surface area (Å²) < 4.78 is 1.64. The van der Waals surface area contributed by atoms with Gasteiger partial charge < -0.3 is 5.32 Å². The first-order valence-electron chi connectivity index (χ1n) is 6.28. The second-order valence-corrected chi connectivity index (χ2v) is 5.34. The first-order chi connectivity index (χ1) is 9.15. The average Bonchev–Trinajstić information content (AvgIpc) is 2.79. The minimum Gasteiger partial charge on any atom is -0.353 e. The van der Waals surface area contributed by atoms with Crippen molar-refractivity contribution in [2.45, 2.75) is 31.0 Å². The Morgan fingerprint density at radius 3 is 3.21 bits per heavy atom. The number of hydrogen-bond acceptors (Lipinski definition) is 4. The van der Waals surface area contributed by atoms with E-state index in [-0.39, 0.29) is 17.5 Å². The molecule has 0 fully saturated rings. The van der Waals surface area contributed by atoms with E-state index >= 15 is 0 Å². The lowest BCUT2D eigenvalue weighted by atomic mass is 10.2. The molecule has 1 N–H and O–H groups in total. The SMILES string of the molecule is C=CCNC(=O)CC1CSc2nc(CC)cc(=O)n21. The summed E-state index contributed by atoms with van der Waals surface area (Å²) in [6.45, 7) is 5.97. The van der Waals surface area contributed by atoms with Crippen LogP contribution in [0.1, 0.15) is 25.1 Å². The molecule has 2 heterocycles. The Morgan fingerprint density at radius 1 is 1.74 bits per heavy atom. The van der Waals surface area contributed by atoms with E-state index < -0.39 is 0 Å². The Morgan fingerprint density at radius 2 is 2.53 bits per heavy atom. The van der Waals surface area contributed by atoms with Crippen molar-refractivity contribution in [2.75, 3.05) is 12.3 Å². The molecule has 1 aromatic heterocycles. The molecule has 0 radical (unpaired) electrons. The van der Waals surface area contributed by atoms with Gasteiger partial charge in [-0.2, -0.15) is 0 Å². The molecule has 1 amide bonds. The van der Waals surface area contributed by atoms with Gasteiger partial charge in [0.2, 0.25) is 5.91 Å². The summed E-state index contributed by atoms with van der Waals surface area (Å²) >= 11 is 1.54. The number of nitrogens with zero attached hydrogens (tertiary/aromatic N) is 2. The van der Waals surface area contributed by atoms with E-state index in [1.807, 2.05) is 6.92 Å². The standard InChI is InChI=1S/C13H17N3O2S/c1-3-5-14-11(17)7-10-8-19-13-15-9(4-2)6-12(18)16(10)13/h3,6,10H,1,4-5,7-8H2,2H3,(H,14,17). The molecule has 2 rings (SSSR count). The minimum absolute atomic E-state index is 0.0617. The van der Waals surface area contributed by atoms with Gasteiger partial charge in [-0.15, -0.1) is 6.58 Å². The molecule has 6 heteroatoms. The number of aryl methyl sites for hydroxylation is 1. The minimum atomic E-state index is -0.101. The summed E-state index contributed by atoms with van der Waals surface area (Å²) in [4.78, 5) is 28.2. The average molecular weight is 279 g/mol. The molecule has 1 atom stereocenters. The van der Waals surface area contributed by atoms with Crippen molar-refractivity contribution >= 4 is 17.7 Å². The molecule has 5 nitrogen and oxygen atoms in total. The van der Waals surface area contributed by atoms with Crippen molar-refractivity contribution in [3.05, 3.63) is 34.8 Å². The van der Waals surface area contributed by atoms with Gasteiger partial charge in [-0.1, -0.05) is 24.8 Å². The van der Waals surface area contributed by atoms with Crippen LogP contribution in [-0.2, 0) is 11.2 Å². The van der Waals surface area contributed by atoms with E-state index in [1.165, 1.54) is 11.8 Å². The maximum atomic E-state index is 12.1. The van der Waals surface area contributed by atoms with Crippen LogP contribution < -0.4 is 10.9 Å². The van der Waals surface area contributed by atoms with Gasteiger partial charge in [0, 0.05) is 30.5 Å². The summed E-state index contributed by atoms with van der Waals surface area (Å²) in [5.74, 6) is 0.654. The second kappa shape index (κ2) is 6.06. The maximum Gasteiger partial charge on any atom is 0.254 e. The molecule has 1 aliphatic rings. The highest BCUT2D eigenvalue weighted by molar-refractivity contribution is 7.99. The molecule has 0 saturated heterocycles. The van der Waals surface area contributed by atoms with Crippen LogP contribution in [0.25, 0.3) is 0 Å². The quantitative estimate of drug-likeness (QED) is 0.648. The highest BCUT2D eigenvalue weighted by Gasteiger charge is 2.27. The zero-order valence-corrected chi connectivity index (χ0v) is 11.7. The van der Waals surface area contributed by atoms with Crippen LogP contribution in [0.3, 0.4) is 0 Å². The van der Waals surface area contributed by atoms with E-state index in [0.717, 1.165) is 23.0 Å². The molecule has 0 aromatic carbocycles. The van der Waals surface area contributed by atoms with E-state index in [4.69, 9.17) is 0 Å². The van der Waals surface area contributed by atoms with E-state index in [0.29, 0.717) is 13.0 Å². The molecular formula is C13H17N3O2S. The normalized spacial score (nSPS) is 17.0. The Bertz CT molecular complexity index is 553. The second-order valence-electron chi connectivity index (χ2n) is 4.35. The highest BCUT2D eigenvalue weighted by atomic mass is 32.2. The largest absolute Gasteiger partial charge is 0.353 e. The first-order valence-corrected chi connectivity index (χ1v) is 7.27. The summed E-state index contributed by atoms with van der Waals surface area (Å²) in [5.41, 5.74) is 0.744. The van der Waals surface area contributed by atoms with Gasteiger partial charge in [0.05, 0.1) is 6.04 Å². The fourth-order valence-corrected chi connectivity index (χ4v) is 3.17. The number of aromatic nitrogens is 2. The number of amides is 1. The van der Waals surface area contributed by atoms with Crippen molar-refractivity contribution in [3.8, 4) is 0 Å². The van der Waals surface area contributed by atoms with Crippen molar-refractivity contribution in [1.82, 2.24) is 14.9 Å². The number of hydrogen-bond donors (Lipinski definition) is 1. The monoisotopic (exact) mass is 279 g/mol. The predicted molar refractivity (Wildman–Crippen MR) is 75.5 cm³/mol. The predicted octanol–water partition coefficient (Wildman–Crippen LogP) is 1.14. The number of nitrogens with one attached hydrogen (secondary N) is 1. The number of fused-ring (bicyclic) bond motifs is 1. The van der Waals surface area contributed by atoms with Gasteiger partial charge in [0.15, 0.2) is 5.16 Å². The van der Waals surface area contributed by atoms with Crippen molar-refractivity contribution in [2.24, 2.45) is 0 Å². The van der Waals surface area contributed by atoms with Gasteiger partial charge in [0.25, 0.3) is 5.56 Å². The van der Waals surface area contributed by atoms with Crippen LogP contribution in [0.15, 0.2) is 28.7 Å². The number of thioether (sulfide) groups is 1. The van der Waals surface area contributed by atoms with Gasteiger partial charge in [-0.3, -0.25) is 14.2 Å². The lowest BCUT2D eigenvalue weighted by Crippen LogP contribution is -2.30. The van der Waals surface area contributed by atoms with Crippen LogP contribution in [0.4, 0.5) is 0 Å². The van der Waals surface area contributed by atoms with Crippen LogP contribution in [0.2, 0.25) is 0 Å². The molecule has 0 spiro atoms. The number of carbonyl (C=O) groups is 1. The van der Waals surface area contributed by atoms with Gasteiger partial charge in [-0.25, -0.2) is 4.98 Å². The third-order valence-electron chi connectivity index (χ3n) is 2.97. The lowest BCUT2D eigenvalue weighted by Gasteiger charge is -2.12. The van der Waals surface area contributed by atoms with Crippen molar-refractivity contribution in [1.29, 1.82) is 0 Å². The maximum absolute atomic E-state index is 12.1. The Labute approximate surface area is 116 Å². The van der Waals surface area contributed by atoms with Crippen LogP contribution in [0, 0.1) is 0 Å². The van der Waals surface area contributed by atoms with Gasteiger partial charge in [-0.05, 0) is 6.42 Å². The van der Waals surface area contributed by atoms with E-state index in [2.05, 4.69) is 16.9 Å². The van der Waals surface area contributed by atoms with Crippen LogP contribution >= 0.6 is 11.8 Å².